The highest BCUT2D eigenvalue weighted by atomic mass is 19.1. The second-order valence-corrected chi connectivity index (χ2v) is 5.42. The van der Waals surface area contributed by atoms with Crippen molar-refractivity contribution in [3.8, 4) is 5.75 Å². The fourth-order valence-electron chi connectivity index (χ4n) is 2.47. The molecule has 2 aromatic carbocycles. The minimum absolute atomic E-state index is 0.183. The molecule has 0 saturated heterocycles. The molecule has 0 radical (unpaired) electrons. The van der Waals surface area contributed by atoms with Gasteiger partial charge in [0.05, 0.1) is 20.6 Å². The highest BCUT2D eigenvalue weighted by molar-refractivity contribution is 5.72. The second kappa shape index (κ2) is 9.03. The maximum atomic E-state index is 13.6. The van der Waals surface area contributed by atoms with E-state index >= 15 is 0 Å². The Morgan fingerprint density at radius 1 is 1.12 bits per heavy atom. The van der Waals surface area contributed by atoms with Crippen molar-refractivity contribution >= 4 is 5.97 Å². The van der Waals surface area contributed by atoms with Crippen LogP contribution in [0.1, 0.15) is 16.7 Å². The summed E-state index contributed by atoms with van der Waals surface area (Å²) in [5, 5.41) is 3.28. The number of carbonyl (C=O) groups is 1. The van der Waals surface area contributed by atoms with Crippen molar-refractivity contribution in [3.05, 3.63) is 65.0 Å². The van der Waals surface area contributed by atoms with Crippen LogP contribution in [-0.2, 0) is 28.9 Å². The number of halogens is 1. The SMILES string of the molecule is COC(=O)Cc1ccc(OC)c(CNCCc2ccccc2F)c1. The van der Waals surface area contributed by atoms with E-state index in [-0.39, 0.29) is 18.2 Å². The van der Waals surface area contributed by atoms with Crippen LogP contribution in [0, 0.1) is 5.82 Å². The molecule has 0 aromatic heterocycles. The van der Waals surface area contributed by atoms with Gasteiger partial charge in [0.15, 0.2) is 0 Å². The largest absolute Gasteiger partial charge is 0.496 e. The fourth-order valence-corrected chi connectivity index (χ4v) is 2.47. The number of nitrogens with one attached hydrogen (secondary N) is 1. The van der Waals surface area contributed by atoms with Gasteiger partial charge >= 0.3 is 5.97 Å². The second-order valence-electron chi connectivity index (χ2n) is 5.42. The van der Waals surface area contributed by atoms with Crippen LogP contribution in [0.25, 0.3) is 0 Å². The highest BCUT2D eigenvalue weighted by Gasteiger charge is 2.08. The van der Waals surface area contributed by atoms with Gasteiger partial charge < -0.3 is 14.8 Å². The lowest BCUT2D eigenvalue weighted by atomic mass is 10.1. The molecular formula is C19H22FNO3. The molecule has 0 aliphatic rings. The van der Waals surface area contributed by atoms with Crippen LogP contribution in [0.3, 0.4) is 0 Å². The fraction of sp³-hybridized carbons (Fsp3) is 0.316. The zero-order chi connectivity index (χ0) is 17.4. The molecule has 1 N–H and O–H groups in total. The van der Waals surface area contributed by atoms with Crippen LogP contribution in [0.5, 0.6) is 5.75 Å². The van der Waals surface area contributed by atoms with E-state index in [0.717, 1.165) is 16.9 Å². The lowest BCUT2D eigenvalue weighted by Gasteiger charge is -2.12. The Labute approximate surface area is 141 Å². The summed E-state index contributed by atoms with van der Waals surface area (Å²) < 4.78 is 23.6. The molecule has 0 bridgehead atoms. The molecule has 5 heteroatoms. The third kappa shape index (κ3) is 5.06. The summed E-state index contributed by atoms with van der Waals surface area (Å²) in [7, 11) is 2.98. The van der Waals surface area contributed by atoms with Gasteiger partial charge in [0.2, 0.25) is 0 Å². The first-order chi connectivity index (χ1) is 11.6. The van der Waals surface area contributed by atoms with Crippen LogP contribution in [-0.4, -0.2) is 26.7 Å². The molecule has 0 aliphatic carbocycles. The number of methoxy groups -OCH3 is 2. The van der Waals surface area contributed by atoms with Crippen molar-refractivity contribution < 1.29 is 18.7 Å². The predicted octanol–water partition coefficient (Wildman–Crippen LogP) is 2.88. The third-order valence-corrected chi connectivity index (χ3v) is 3.77. The molecule has 0 unspecified atom stereocenters. The minimum atomic E-state index is -0.279. The highest BCUT2D eigenvalue weighted by Crippen LogP contribution is 2.20. The van der Waals surface area contributed by atoms with E-state index in [0.29, 0.717) is 25.1 Å². The summed E-state index contributed by atoms with van der Waals surface area (Å²) in [5.74, 6) is 0.289. The average molecular weight is 331 g/mol. The van der Waals surface area contributed by atoms with E-state index in [9.17, 15) is 9.18 Å². The summed E-state index contributed by atoms with van der Waals surface area (Å²) in [6, 6.07) is 12.4. The Morgan fingerprint density at radius 2 is 1.92 bits per heavy atom. The summed E-state index contributed by atoms with van der Waals surface area (Å²) in [4.78, 5) is 11.4. The molecule has 0 atom stereocenters. The third-order valence-electron chi connectivity index (χ3n) is 3.77. The number of hydrogen-bond donors (Lipinski definition) is 1. The van der Waals surface area contributed by atoms with Crippen molar-refractivity contribution in [1.29, 1.82) is 0 Å². The van der Waals surface area contributed by atoms with E-state index in [1.807, 2.05) is 24.3 Å². The molecule has 0 saturated carbocycles. The molecular weight excluding hydrogens is 309 g/mol. The number of esters is 1. The van der Waals surface area contributed by atoms with Crippen molar-refractivity contribution in [2.75, 3.05) is 20.8 Å². The van der Waals surface area contributed by atoms with Gasteiger partial charge in [0, 0.05) is 12.1 Å². The monoisotopic (exact) mass is 331 g/mol. The molecule has 0 aliphatic heterocycles. The molecule has 0 heterocycles. The normalized spacial score (nSPS) is 10.5. The number of rotatable bonds is 8. The predicted molar refractivity (Wildman–Crippen MR) is 90.5 cm³/mol. The van der Waals surface area contributed by atoms with Crippen molar-refractivity contribution in [3.63, 3.8) is 0 Å². The van der Waals surface area contributed by atoms with Gasteiger partial charge in [-0.3, -0.25) is 4.79 Å². The Hall–Kier alpha value is -2.40. The van der Waals surface area contributed by atoms with E-state index in [1.54, 1.807) is 19.2 Å². The summed E-state index contributed by atoms with van der Waals surface area (Å²) in [5.41, 5.74) is 2.51. The van der Waals surface area contributed by atoms with Gasteiger partial charge in [-0.2, -0.15) is 0 Å². The van der Waals surface area contributed by atoms with Crippen LogP contribution in [0.4, 0.5) is 4.39 Å². The summed E-state index contributed by atoms with van der Waals surface area (Å²) in [6.07, 6.45) is 0.833. The summed E-state index contributed by atoms with van der Waals surface area (Å²) >= 11 is 0. The Morgan fingerprint density at radius 3 is 2.62 bits per heavy atom. The van der Waals surface area contributed by atoms with Gasteiger partial charge in [-0.25, -0.2) is 4.39 Å². The van der Waals surface area contributed by atoms with Crippen molar-refractivity contribution in [2.45, 2.75) is 19.4 Å². The number of hydrogen-bond acceptors (Lipinski definition) is 4. The minimum Gasteiger partial charge on any atom is -0.496 e. The first-order valence-electron chi connectivity index (χ1n) is 7.80. The molecule has 0 fully saturated rings. The van der Waals surface area contributed by atoms with Crippen molar-refractivity contribution in [2.24, 2.45) is 0 Å². The molecule has 2 aromatic rings. The zero-order valence-electron chi connectivity index (χ0n) is 14.0. The van der Waals surface area contributed by atoms with E-state index < -0.39 is 0 Å². The van der Waals surface area contributed by atoms with Gasteiger partial charge in [0.1, 0.15) is 11.6 Å². The van der Waals surface area contributed by atoms with Crippen LogP contribution >= 0.6 is 0 Å². The number of ether oxygens (including phenoxy) is 2. The lowest BCUT2D eigenvalue weighted by Crippen LogP contribution is -2.18. The molecule has 4 nitrogen and oxygen atoms in total. The standard InChI is InChI=1S/C19H22FNO3/c1-23-18-8-7-14(12-19(22)24-2)11-16(18)13-21-10-9-15-5-3-4-6-17(15)20/h3-8,11,21H,9-10,12-13H2,1-2H3. The van der Waals surface area contributed by atoms with Crippen LogP contribution in [0.15, 0.2) is 42.5 Å². The lowest BCUT2D eigenvalue weighted by molar-refractivity contribution is -0.139. The van der Waals surface area contributed by atoms with Crippen LogP contribution < -0.4 is 10.1 Å². The molecule has 0 spiro atoms. The topological polar surface area (TPSA) is 47.6 Å². The van der Waals surface area contributed by atoms with Gasteiger partial charge in [-0.1, -0.05) is 30.3 Å². The quantitative estimate of drug-likeness (QED) is 0.597. The van der Waals surface area contributed by atoms with Crippen molar-refractivity contribution in [1.82, 2.24) is 5.32 Å². The maximum Gasteiger partial charge on any atom is 0.309 e. The van der Waals surface area contributed by atoms with Gasteiger partial charge in [0.25, 0.3) is 0 Å². The summed E-state index contributed by atoms with van der Waals surface area (Å²) in [6.45, 7) is 1.22. The van der Waals surface area contributed by atoms with E-state index in [4.69, 9.17) is 4.74 Å². The molecule has 128 valence electrons. The Kier molecular flexibility index (Phi) is 6.75. The van der Waals surface area contributed by atoms with Gasteiger partial charge in [-0.05, 0) is 36.2 Å². The molecule has 24 heavy (non-hydrogen) atoms. The number of carbonyl (C=O) groups excluding carboxylic acids is 1. The first kappa shape index (κ1) is 17.9. The smallest absolute Gasteiger partial charge is 0.309 e. The molecule has 2 rings (SSSR count). The zero-order valence-corrected chi connectivity index (χ0v) is 14.0. The van der Waals surface area contributed by atoms with E-state index in [1.165, 1.54) is 13.2 Å². The Bertz CT molecular complexity index is 688. The first-order valence-corrected chi connectivity index (χ1v) is 7.80. The molecule has 0 amide bonds. The Balaban J connectivity index is 1.94. The van der Waals surface area contributed by atoms with E-state index in [2.05, 4.69) is 10.1 Å². The van der Waals surface area contributed by atoms with Gasteiger partial charge in [-0.15, -0.1) is 0 Å². The maximum absolute atomic E-state index is 13.6. The van der Waals surface area contributed by atoms with Crippen LogP contribution in [0.2, 0.25) is 0 Å². The number of benzene rings is 2. The average Bonchev–Trinajstić information content (AvgIpc) is 2.60.